The summed E-state index contributed by atoms with van der Waals surface area (Å²) in [5.41, 5.74) is 1.27. The summed E-state index contributed by atoms with van der Waals surface area (Å²) in [5, 5.41) is 0.698. The second kappa shape index (κ2) is 6.80. The Labute approximate surface area is 158 Å². The van der Waals surface area contributed by atoms with E-state index in [1.165, 1.54) is 15.8 Å². The molecule has 0 radical (unpaired) electrons. The smallest absolute Gasteiger partial charge is 0.329 e. The van der Waals surface area contributed by atoms with E-state index in [0.29, 0.717) is 11.3 Å². The fourth-order valence-corrected chi connectivity index (χ4v) is 4.90. The Kier molecular flexibility index (Phi) is 4.99. The van der Waals surface area contributed by atoms with Crippen molar-refractivity contribution in [2.45, 2.75) is 73.0 Å². The van der Waals surface area contributed by atoms with Crippen molar-refractivity contribution in [3.63, 3.8) is 0 Å². The van der Waals surface area contributed by atoms with E-state index < -0.39 is 12.0 Å². The van der Waals surface area contributed by atoms with Crippen LogP contribution in [0.3, 0.4) is 0 Å². The van der Waals surface area contributed by atoms with Crippen molar-refractivity contribution < 1.29 is 9.53 Å². The third kappa shape index (κ3) is 3.43. The summed E-state index contributed by atoms with van der Waals surface area (Å²) in [4.78, 5) is 31.9. The summed E-state index contributed by atoms with van der Waals surface area (Å²) in [7, 11) is 0. The molecule has 0 unspecified atom stereocenters. The maximum atomic E-state index is 13.1. The van der Waals surface area contributed by atoms with E-state index in [1.807, 2.05) is 0 Å². The Bertz CT molecular complexity index is 889. The molecule has 0 fully saturated rings. The molecule has 2 aromatic heterocycles. The molecule has 0 N–H and O–H groups in total. The molecule has 26 heavy (non-hydrogen) atoms. The molecule has 142 valence electrons. The third-order valence-electron chi connectivity index (χ3n) is 5.33. The van der Waals surface area contributed by atoms with E-state index in [0.717, 1.165) is 29.7 Å². The zero-order valence-corrected chi connectivity index (χ0v) is 17.3. The van der Waals surface area contributed by atoms with Crippen LogP contribution in [-0.2, 0) is 22.4 Å². The van der Waals surface area contributed by atoms with Crippen molar-refractivity contribution in [3.8, 4) is 0 Å². The molecular weight excluding hydrogens is 348 g/mol. The lowest BCUT2D eigenvalue weighted by Crippen LogP contribution is -2.31. The first kappa shape index (κ1) is 19.1. The van der Waals surface area contributed by atoms with Crippen LogP contribution in [0.15, 0.2) is 11.1 Å². The maximum absolute atomic E-state index is 13.1. The Morgan fingerprint density at radius 2 is 2.04 bits per heavy atom. The van der Waals surface area contributed by atoms with Crippen LogP contribution >= 0.6 is 11.3 Å². The highest BCUT2D eigenvalue weighted by Crippen LogP contribution is 2.42. The van der Waals surface area contributed by atoms with Gasteiger partial charge in [0.2, 0.25) is 0 Å². The predicted octanol–water partition coefficient (Wildman–Crippen LogP) is 4.12. The summed E-state index contributed by atoms with van der Waals surface area (Å²) in [6, 6.07) is -0.678. The van der Waals surface area contributed by atoms with E-state index in [1.54, 1.807) is 32.1 Å². The molecule has 0 aliphatic heterocycles. The van der Waals surface area contributed by atoms with Crippen LogP contribution in [0, 0.1) is 11.3 Å². The second-order valence-electron chi connectivity index (χ2n) is 8.61. The first-order chi connectivity index (χ1) is 12.1. The lowest BCUT2D eigenvalue weighted by molar-refractivity contribution is -0.151. The summed E-state index contributed by atoms with van der Waals surface area (Å²) in [5.74, 6) is 0.213. The van der Waals surface area contributed by atoms with Gasteiger partial charge in [-0.2, -0.15) is 0 Å². The summed E-state index contributed by atoms with van der Waals surface area (Å²) >= 11 is 1.63. The van der Waals surface area contributed by atoms with E-state index in [-0.39, 0.29) is 17.1 Å². The Morgan fingerprint density at radius 1 is 1.35 bits per heavy atom. The van der Waals surface area contributed by atoms with Crippen LogP contribution in [0.25, 0.3) is 10.2 Å². The van der Waals surface area contributed by atoms with Crippen LogP contribution in [0.5, 0.6) is 0 Å². The third-order valence-corrected chi connectivity index (χ3v) is 6.49. The van der Waals surface area contributed by atoms with Crippen molar-refractivity contribution >= 4 is 27.5 Å². The number of aromatic nitrogens is 2. The Hall–Kier alpha value is -1.69. The number of nitrogens with zero attached hydrogens (tertiary/aromatic N) is 2. The molecule has 5 nitrogen and oxygen atoms in total. The average molecular weight is 377 g/mol. The number of ether oxygens (including phenoxy) is 1. The molecule has 2 aromatic rings. The van der Waals surface area contributed by atoms with Gasteiger partial charge in [-0.05, 0) is 56.9 Å². The lowest BCUT2D eigenvalue weighted by atomic mass is 9.72. The van der Waals surface area contributed by atoms with Crippen LogP contribution < -0.4 is 5.56 Å². The van der Waals surface area contributed by atoms with Gasteiger partial charge in [-0.3, -0.25) is 9.36 Å². The number of rotatable bonds is 3. The van der Waals surface area contributed by atoms with Gasteiger partial charge in [-0.15, -0.1) is 11.3 Å². The minimum absolute atomic E-state index is 0.130. The van der Waals surface area contributed by atoms with E-state index >= 15 is 0 Å². The zero-order valence-electron chi connectivity index (χ0n) is 16.5. The summed E-state index contributed by atoms with van der Waals surface area (Å²) in [6.07, 6.45) is 4.27. The van der Waals surface area contributed by atoms with Gasteiger partial charge in [0.25, 0.3) is 5.56 Å². The van der Waals surface area contributed by atoms with Crippen molar-refractivity contribution in [1.82, 2.24) is 9.55 Å². The van der Waals surface area contributed by atoms with Crippen molar-refractivity contribution in [1.29, 1.82) is 0 Å². The minimum atomic E-state index is -0.678. The molecule has 0 spiro atoms. The van der Waals surface area contributed by atoms with E-state index in [4.69, 9.17) is 4.74 Å². The number of esters is 1. The molecule has 3 rings (SSSR count). The Morgan fingerprint density at radius 3 is 2.65 bits per heavy atom. The standard InChI is InChI=1S/C20H28N2O3S/c1-11(2)25-19(24)12(3)22-10-21-17-16(18(22)23)14-8-7-13(20(4,5)6)9-15(14)26-17/h10-13H,7-9H2,1-6H3/t12-,13+/m1/s1. The summed E-state index contributed by atoms with van der Waals surface area (Å²) < 4.78 is 6.67. The van der Waals surface area contributed by atoms with Crippen LogP contribution in [0.4, 0.5) is 0 Å². The monoisotopic (exact) mass is 376 g/mol. The molecular formula is C20H28N2O3S. The van der Waals surface area contributed by atoms with Gasteiger partial charge in [0.05, 0.1) is 17.8 Å². The molecule has 0 amide bonds. The summed E-state index contributed by atoms with van der Waals surface area (Å²) in [6.45, 7) is 12.1. The van der Waals surface area contributed by atoms with Gasteiger partial charge in [-0.1, -0.05) is 20.8 Å². The highest BCUT2D eigenvalue weighted by Gasteiger charge is 2.32. The van der Waals surface area contributed by atoms with Crippen molar-refractivity contribution in [2.75, 3.05) is 0 Å². The van der Waals surface area contributed by atoms with Crippen LogP contribution in [0.2, 0.25) is 0 Å². The van der Waals surface area contributed by atoms with Gasteiger partial charge in [0.1, 0.15) is 10.9 Å². The average Bonchev–Trinajstić information content (AvgIpc) is 2.91. The first-order valence-corrected chi connectivity index (χ1v) is 10.1. The van der Waals surface area contributed by atoms with Gasteiger partial charge in [0, 0.05) is 4.88 Å². The highest BCUT2D eigenvalue weighted by molar-refractivity contribution is 7.18. The fraction of sp³-hybridized carbons (Fsp3) is 0.650. The Balaban J connectivity index is 2.01. The molecule has 0 saturated carbocycles. The molecule has 2 heterocycles. The normalized spacial score (nSPS) is 18.8. The van der Waals surface area contributed by atoms with Gasteiger partial charge in [-0.25, -0.2) is 9.78 Å². The minimum Gasteiger partial charge on any atom is -0.461 e. The predicted molar refractivity (Wildman–Crippen MR) is 105 cm³/mol. The molecule has 6 heteroatoms. The molecule has 2 atom stereocenters. The number of carbonyl (C=O) groups is 1. The SMILES string of the molecule is CC(C)OC(=O)[C@@H](C)n1cnc2sc3c(c2c1=O)CC[C@H](C(C)(C)C)C3. The number of hydrogen-bond acceptors (Lipinski definition) is 5. The second-order valence-corrected chi connectivity index (χ2v) is 9.69. The fourth-order valence-electron chi connectivity index (χ4n) is 3.64. The van der Waals surface area contributed by atoms with Gasteiger partial charge >= 0.3 is 5.97 Å². The van der Waals surface area contributed by atoms with Crippen LogP contribution in [-0.4, -0.2) is 21.6 Å². The first-order valence-electron chi connectivity index (χ1n) is 9.31. The highest BCUT2D eigenvalue weighted by atomic mass is 32.1. The number of aryl methyl sites for hydroxylation is 1. The number of fused-ring (bicyclic) bond motifs is 3. The van der Waals surface area contributed by atoms with Crippen molar-refractivity contribution in [2.24, 2.45) is 11.3 Å². The quantitative estimate of drug-likeness (QED) is 0.756. The zero-order chi connectivity index (χ0) is 19.2. The lowest BCUT2D eigenvalue weighted by Gasteiger charge is -2.33. The number of hydrogen-bond donors (Lipinski definition) is 0. The molecule has 0 bridgehead atoms. The molecule has 0 saturated heterocycles. The largest absolute Gasteiger partial charge is 0.461 e. The molecule has 1 aliphatic carbocycles. The maximum Gasteiger partial charge on any atom is 0.329 e. The molecule has 0 aromatic carbocycles. The number of carbonyl (C=O) groups excluding carboxylic acids is 1. The van der Waals surface area contributed by atoms with Gasteiger partial charge in [0.15, 0.2) is 0 Å². The van der Waals surface area contributed by atoms with Crippen LogP contribution in [0.1, 0.15) is 64.4 Å². The number of thiophene rings is 1. The van der Waals surface area contributed by atoms with Crippen molar-refractivity contribution in [3.05, 3.63) is 27.1 Å². The van der Waals surface area contributed by atoms with E-state index in [2.05, 4.69) is 25.8 Å². The van der Waals surface area contributed by atoms with E-state index in [9.17, 15) is 9.59 Å². The van der Waals surface area contributed by atoms with Gasteiger partial charge < -0.3 is 4.74 Å². The topological polar surface area (TPSA) is 61.2 Å². The molecule has 1 aliphatic rings.